The summed E-state index contributed by atoms with van der Waals surface area (Å²) in [4.78, 5) is 19.0. The Labute approximate surface area is 140 Å². The molecule has 1 amide bonds. The maximum Gasteiger partial charge on any atom is 0.240 e. The second-order valence-electron chi connectivity index (χ2n) is 6.19. The van der Waals surface area contributed by atoms with Gasteiger partial charge in [-0.2, -0.15) is 0 Å². The van der Waals surface area contributed by atoms with Crippen LogP contribution >= 0.6 is 0 Å². The van der Waals surface area contributed by atoms with Crippen LogP contribution in [0.5, 0.6) is 0 Å². The van der Waals surface area contributed by atoms with Gasteiger partial charge in [-0.15, -0.1) is 0 Å². The zero-order chi connectivity index (χ0) is 16.4. The number of carbonyl (C=O) groups is 1. The first-order chi connectivity index (χ1) is 11.8. The first kappa shape index (κ1) is 14.8. The number of benzene rings is 1. The number of nitrogens with one attached hydrogen (secondary N) is 1. The molecule has 0 saturated carbocycles. The van der Waals surface area contributed by atoms with Crippen LogP contribution in [0.15, 0.2) is 60.9 Å². The number of rotatable bonds is 4. The minimum Gasteiger partial charge on any atom is -0.354 e. The fraction of sp³-hybridized carbons (Fsp3) is 0.263. The quantitative estimate of drug-likeness (QED) is 0.803. The van der Waals surface area contributed by atoms with Crippen molar-refractivity contribution in [3.05, 3.63) is 60.9 Å². The molecule has 5 heteroatoms. The molecule has 0 radical (unpaired) electrons. The molecule has 24 heavy (non-hydrogen) atoms. The maximum absolute atomic E-state index is 12.4. The number of nitrogens with zero attached hydrogens (tertiary/aromatic N) is 3. The highest BCUT2D eigenvalue weighted by Gasteiger charge is 2.24. The van der Waals surface area contributed by atoms with Crippen molar-refractivity contribution in [2.24, 2.45) is 0 Å². The van der Waals surface area contributed by atoms with Gasteiger partial charge in [-0.25, -0.2) is 4.98 Å². The maximum atomic E-state index is 12.4. The van der Waals surface area contributed by atoms with Gasteiger partial charge in [0.25, 0.3) is 0 Å². The molecule has 3 heterocycles. The minimum atomic E-state index is 0.0595. The SMILES string of the molecule is O=C(Cn1ccc2ccccc21)NC1CCN(c2ccccn2)C1. The fourth-order valence-electron chi connectivity index (χ4n) is 3.33. The topological polar surface area (TPSA) is 50.2 Å². The van der Waals surface area contributed by atoms with E-state index in [0.717, 1.165) is 36.2 Å². The third-order valence-corrected chi connectivity index (χ3v) is 4.52. The highest BCUT2D eigenvalue weighted by Crippen LogP contribution is 2.18. The Bertz CT molecular complexity index is 843. The fourth-order valence-corrected chi connectivity index (χ4v) is 3.33. The first-order valence-corrected chi connectivity index (χ1v) is 8.29. The van der Waals surface area contributed by atoms with Gasteiger partial charge in [0, 0.05) is 37.0 Å². The van der Waals surface area contributed by atoms with Gasteiger partial charge in [0.2, 0.25) is 5.91 Å². The highest BCUT2D eigenvalue weighted by molar-refractivity contribution is 5.83. The van der Waals surface area contributed by atoms with Gasteiger partial charge in [0.05, 0.1) is 0 Å². The average molecular weight is 320 g/mol. The summed E-state index contributed by atoms with van der Waals surface area (Å²) >= 11 is 0. The molecule has 1 aromatic carbocycles. The van der Waals surface area contributed by atoms with Crippen LogP contribution in [0.2, 0.25) is 0 Å². The Morgan fingerprint density at radius 2 is 2.04 bits per heavy atom. The van der Waals surface area contributed by atoms with Crippen LogP contribution < -0.4 is 10.2 Å². The molecule has 0 spiro atoms. The summed E-state index contributed by atoms with van der Waals surface area (Å²) in [5.41, 5.74) is 1.09. The van der Waals surface area contributed by atoms with Crippen LogP contribution in [0.4, 0.5) is 5.82 Å². The molecule has 4 rings (SSSR count). The molecule has 0 bridgehead atoms. The van der Waals surface area contributed by atoms with Crippen LogP contribution in [0.1, 0.15) is 6.42 Å². The van der Waals surface area contributed by atoms with Gasteiger partial charge in [0.15, 0.2) is 0 Å². The predicted molar refractivity (Wildman–Crippen MR) is 94.9 cm³/mol. The number of amides is 1. The smallest absolute Gasteiger partial charge is 0.240 e. The molecule has 0 aliphatic carbocycles. The number of hydrogen-bond acceptors (Lipinski definition) is 3. The molecular formula is C19H20N4O. The van der Waals surface area contributed by atoms with E-state index in [1.165, 1.54) is 0 Å². The van der Waals surface area contributed by atoms with Crippen molar-refractivity contribution in [2.75, 3.05) is 18.0 Å². The van der Waals surface area contributed by atoms with Crippen molar-refractivity contribution in [1.82, 2.24) is 14.9 Å². The third-order valence-electron chi connectivity index (χ3n) is 4.52. The van der Waals surface area contributed by atoms with Gasteiger partial charge < -0.3 is 14.8 Å². The Morgan fingerprint density at radius 1 is 1.17 bits per heavy atom. The summed E-state index contributed by atoms with van der Waals surface area (Å²) in [5.74, 6) is 1.04. The van der Waals surface area contributed by atoms with E-state index in [2.05, 4.69) is 21.3 Å². The molecule has 1 unspecified atom stereocenters. The van der Waals surface area contributed by atoms with Gasteiger partial charge >= 0.3 is 0 Å². The second kappa shape index (κ2) is 6.35. The largest absolute Gasteiger partial charge is 0.354 e. The number of para-hydroxylation sites is 1. The molecule has 1 saturated heterocycles. The second-order valence-corrected chi connectivity index (χ2v) is 6.19. The van der Waals surface area contributed by atoms with Crippen LogP contribution in [0, 0.1) is 0 Å². The standard InChI is InChI=1S/C19H20N4O/c24-19(14-22-11-8-15-5-1-2-6-17(15)22)21-16-9-12-23(13-16)18-7-3-4-10-20-18/h1-8,10-11,16H,9,12-14H2,(H,21,24). The average Bonchev–Trinajstić information content (AvgIpc) is 3.23. The van der Waals surface area contributed by atoms with E-state index in [1.807, 2.05) is 53.2 Å². The monoisotopic (exact) mass is 320 g/mol. The number of anilines is 1. The predicted octanol–water partition coefficient (Wildman–Crippen LogP) is 2.43. The Hall–Kier alpha value is -2.82. The minimum absolute atomic E-state index is 0.0595. The lowest BCUT2D eigenvalue weighted by Gasteiger charge is -2.18. The Morgan fingerprint density at radius 3 is 2.92 bits per heavy atom. The summed E-state index contributed by atoms with van der Waals surface area (Å²) in [6.07, 6.45) is 4.73. The van der Waals surface area contributed by atoms with Gasteiger partial charge in [-0.05, 0) is 36.1 Å². The number of fused-ring (bicyclic) bond motifs is 1. The normalized spacial score (nSPS) is 17.3. The van der Waals surface area contributed by atoms with Crippen LogP contribution in [0.25, 0.3) is 10.9 Å². The van der Waals surface area contributed by atoms with Crippen LogP contribution in [0.3, 0.4) is 0 Å². The summed E-state index contributed by atoms with van der Waals surface area (Å²) in [7, 11) is 0. The zero-order valence-corrected chi connectivity index (χ0v) is 13.4. The van der Waals surface area contributed by atoms with E-state index in [4.69, 9.17) is 0 Å². The van der Waals surface area contributed by atoms with E-state index in [1.54, 1.807) is 6.20 Å². The summed E-state index contributed by atoms with van der Waals surface area (Å²) in [6.45, 7) is 2.09. The van der Waals surface area contributed by atoms with Crippen molar-refractivity contribution in [1.29, 1.82) is 0 Å². The first-order valence-electron chi connectivity index (χ1n) is 8.29. The molecule has 122 valence electrons. The lowest BCUT2D eigenvalue weighted by molar-refractivity contribution is -0.122. The van der Waals surface area contributed by atoms with Crippen molar-refractivity contribution in [3.63, 3.8) is 0 Å². The molecule has 1 N–H and O–H groups in total. The number of aromatic nitrogens is 2. The van der Waals surface area contributed by atoms with E-state index < -0.39 is 0 Å². The van der Waals surface area contributed by atoms with E-state index in [9.17, 15) is 4.79 Å². The number of hydrogen-bond donors (Lipinski definition) is 1. The van der Waals surface area contributed by atoms with Crippen molar-refractivity contribution in [2.45, 2.75) is 19.0 Å². The Balaban J connectivity index is 1.37. The lowest BCUT2D eigenvalue weighted by Crippen LogP contribution is -2.38. The number of pyridine rings is 1. The summed E-state index contributed by atoms with van der Waals surface area (Å²) in [5, 5.41) is 4.31. The van der Waals surface area contributed by atoms with E-state index >= 15 is 0 Å². The van der Waals surface area contributed by atoms with Crippen LogP contribution in [-0.2, 0) is 11.3 Å². The van der Waals surface area contributed by atoms with Gasteiger partial charge in [-0.3, -0.25) is 4.79 Å². The van der Waals surface area contributed by atoms with E-state index in [0.29, 0.717) is 6.54 Å². The van der Waals surface area contributed by atoms with E-state index in [-0.39, 0.29) is 11.9 Å². The molecular weight excluding hydrogens is 300 g/mol. The Kier molecular flexibility index (Phi) is 3.91. The molecule has 1 fully saturated rings. The van der Waals surface area contributed by atoms with Crippen LogP contribution in [-0.4, -0.2) is 34.6 Å². The van der Waals surface area contributed by atoms with Gasteiger partial charge in [-0.1, -0.05) is 24.3 Å². The summed E-state index contributed by atoms with van der Waals surface area (Å²) < 4.78 is 2.00. The molecule has 2 aromatic heterocycles. The molecule has 1 aliphatic rings. The zero-order valence-electron chi connectivity index (χ0n) is 13.4. The third kappa shape index (κ3) is 2.97. The van der Waals surface area contributed by atoms with Crippen molar-refractivity contribution in [3.8, 4) is 0 Å². The molecule has 1 aliphatic heterocycles. The number of carbonyl (C=O) groups excluding carboxylic acids is 1. The molecule has 1 atom stereocenters. The molecule has 3 aromatic rings. The lowest BCUT2D eigenvalue weighted by atomic mass is 10.2. The summed E-state index contributed by atoms with van der Waals surface area (Å²) in [6, 6.07) is 16.3. The van der Waals surface area contributed by atoms with Gasteiger partial charge in [0.1, 0.15) is 12.4 Å². The van der Waals surface area contributed by atoms with Crippen molar-refractivity contribution >= 4 is 22.6 Å². The molecule has 5 nitrogen and oxygen atoms in total. The van der Waals surface area contributed by atoms with Crippen molar-refractivity contribution < 1.29 is 4.79 Å². The highest BCUT2D eigenvalue weighted by atomic mass is 16.2.